The molecule has 0 saturated heterocycles. The Hall–Kier alpha value is -2.77. The Balaban J connectivity index is 2.37. The summed E-state index contributed by atoms with van der Waals surface area (Å²) < 4.78 is 19.1. The molecule has 7 nitrogen and oxygen atoms in total. The van der Waals surface area contributed by atoms with Crippen molar-refractivity contribution in [3.63, 3.8) is 0 Å². The third-order valence-electron chi connectivity index (χ3n) is 2.61. The quantitative estimate of drug-likeness (QED) is 0.483. The van der Waals surface area contributed by atoms with Crippen LogP contribution in [0, 0.1) is 15.9 Å². The molecule has 20 heavy (non-hydrogen) atoms. The van der Waals surface area contributed by atoms with Crippen LogP contribution in [-0.4, -0.2) is 27.8 Å². The number of carbonyl (C=O) groups excluding carboxylic acids is 1. The van der Waals surface area contributed by atoms with Gasteiger partial charge < -0.3 is 14.9 Å². The summed E-state index contributed by atoms with van der Waals surface area (Å²) in [5, 5.41) is 14.5. The van der Waals surface area contributed by atoms with E-state index in [-0.39, 0.29) is 12.1 Å². The maximum Gasteiger partial charge on any atom is 0.404 e. The summed E-state index contributed by atoms with van der Waals surface area (Å²) in [5.41, 5.74) is 0.0372. The average molecular weight is 279 g/mol. The average Bonchev–Trinajstić information content (AvgIpc) is 2.85. The number of halogens is 1. The molecular weight excluding hydrogens is 269 g/mol. The van der Waals surface area contributed by atoms with E-state index in [2.05, 4.69) is 9.84 Å². The zero-order valence-corrected chi connectivity index (χ0v) is 10.4. The molecule has 0 bridgehead atoms. The highest BCUT2D eigenvalue weighted by molar-refractivity contribution is 5.92. The lowest BCUT2D eigenvalue weighted by atomic mass is 10.2. The fourth-order valence-corrected chi connectivity index (χ4v) is 1.68. The second-order valence-electron chi connectivity index (χ2n) is 3.90. The number of nitro groups is 1. The van der Waals surface area contributed by atoms with Crippen molar-refractivity contribution in [2.75, 3.05) is 7.11 Å². The van der Waals surface area contributed by atoms with Crippen LogP contribution in [0.4, 0.5) is 10.2 Å². The molecule has 0 spiro atoms. The first-order chi connectivity index (χ1) is 9.52. The van der Waals surface area contributed by atoms with Crippen LogP contribution in [0.15, 0.2) is 30.5 Å². The largest absolute Gasteiger partial charge is 0.465 e. The molecule has 0 N–H and O–H groups in total. The molecule has 104 valence electrons. The molecule has 1 aromatic carbocycles. The lowest BCUT2D eigenvalue weighted by Crippen LogP contribution is -2.03. The van der Waals surface area contributed by atoms with Crippen LogP contribution in [0.5, 0.6) is 0 Å². The molecular formula is C12H10FN3O4. The Labute approximate surface area is 112 Å². The maximum atomic E-state index is 13.5. The molecule has 1 aromatic heterocycles. The Bertz CT molecular complexity index is 668. The number of rotatable bonds is 4. The Morgan fingerprint density at radius 3 is 2.80 bits per heavy atom. The molecule has 0 atom stereocenters. The summed E-state index contributed by atoms with van der Waals surface area (Å²) in [6.45, 7) is -0.0233. The summed E-state index contributed by atoms with van der Waals surface area (Å²) in [5.74, 6) is -1.94. The minimum atomic E-state index is -0.864. The van der Waals surface area contributed by atoms with Crippen LogP contribution < -0.4 is 0 Å². The van der Waals surface area contributed by atoms with Gasteiger partial charge in [-0.2, -0.15) is 4.68 Å². The Kier molecular flexibility index (Phi) is 3.74. The van der Waals surface area contributed by atoms with Crippen LogP contribution in [0.2, 0.25) is 0 Å². The van der Waals surface area contributed by atoms with E-state index >= 15 is 0 Å². The van der Waals surface area contributed by atoms with Crippen LogP contribution >= 0.6 is 0 Å². The molecule has 0 amide bonds. The van der Waals surface area contributed by atoms with Gasteiger partial charge in [-0.05, 0) is 11.0 Å². The normalized spacial score (nSPS) is 10.3. The third kappa shape index (κ3) is 2.63. The zero-order chi connectivity index (χ0) is 14.7. The minimum Gasteiger partial charge on any atom is -0.465 e. The van der Waals surface area contributed by atoms with Gasteiger partial charge >= 0.3 is 11.8 Å². The number of nitrogens with zero attached hydrogens (tertiary/aromatic N) is 3. The van der Waals surface area contributed by atoms with Crippen molar-refractivity contribution in [1.29, 1.82) is 0 Å². The van der Waals surface area contributed by atoms with Crippen molar-refractivity contribution in [2.45, 2.75) is 6.54 Å². The summed E-state index contributed by atoms with van der Waals surface area (Å²) in [6.07, 6.45) is 1.16. The van der Waals surface area contributed by atoms with E-state index in [0.717, 1.165) is 18.0 Å². The van der Waals surface area contributed by atoms with Gasteiger partial charge in [0.15, 0.2) is 5.56 Å². The highest BCUT2D eigenvalue weighted by Crippen LogP contribution is 2.18. The van der Waals surface area contributed by atoms with Crippen molar-refractivity contribution in [3.05, 3.63) is 57.5 Å². The van der Waals surface area contributed by atoms with Gasteiger partial charge in [0.1, 0.15) is 5.82 Å². The lowest BCUT2D eigenvalue weighted by molar-refractivity contribution is -0.390. The fraction of sp³-hybridized carbons (Fsp3) is 0.167. The Morgan fingerprint density at radius 2 is 2.20 bits per heavy atom. The number of hydrogen-bond donors (Lipinski definition) is 0. The molecule has 2 rings (SSSR count). The number of methoxy groups -OCH3 is 1. The van der Waals surface area contributed by atoms with E-state index in [4.69, 9.17) is 0 Å². The maximum absolute atomic E-state index is 13.5. The van der Waals surface area contributed by atoms with Crippen LogP contribution in [-0.2, 0) is 11.3 Å². The summed E-state index contributed by atoms with van der Waals surface area (Å²) >= 11 is 0. The summed E-state index contributed by atoms with van der Waals surface area (Å²) in [6, 6.07) is 5.97. The molecule has 0 aliphatic heterocycles. The van der Waals surface area contributed by atoms with Crippen molar-refractivity contribution in [2.24, 2.45) is 0 Å². The van der Waals surface area contributed by atoms with E-state index in [0.29, 0.717) is 5.56 Å². The van der Waals surface area contributed by atoms with E-state index in [9.17, 15) is 19.3 Å². The molecule has 8 heteroatoms. The van der Waals surface area contributed by atoms with Gasteiger partial charge in [0, 0.05) is 5.56 Å². The third-order valence-corrected chi connectivity index (χ3v) is 2.61. The van der Waals surface area contributed by atoms with E-state index in [1.165, 1.54) is 18.2 Å². The smallest absolute Gasteiger partial charge is 0.404 e. The van der Waals surface area contributed by atoms with Crippen LogP contribution in [0.25, 0.3) is 0 Å². The van der Waals surface area contributed by atoms with Crippen LogP contribution in [0.3, 0.4) is 0 Å². The highest BCUT2D eigenvalue weighted by atomic mass is 19.1. The number of hydrogen-bond acceptors (Lipinski definition) is 5. The SMILES string of the molecule is COC(=O)c1cn(Cc2ccccc2F)nc1[N+](=O)[O-]. The molecule has 0 fully saturated rings. The summed E-state index contributed by atoms with van der Waals surface area (Å²) in [4.78, 5) is 21.5. The first-order valence-electron chi connectivity index (χ1n) is 5.56. The van der Waals surface area contributed by atoms with Gasteiger partial charge in [0.05, 0.1) is 25.0 Å². The molecule has 0 saturated carbocycles. The fourth-order valence-electron chi connectivity index (χ4n) is 1.68. The topological polar surface area (TPSA) is 87.3 Å². The van der Waals surface area contributed by atoms with Crippen molar-refractivity contribution in [3.8, 4) is 0 Å². The van der Waals surface area contributed by atoms with Gasteiger partial charge in [0.2, 0.25) is 0 Å². The lowest BCUT2D eigenvalue weighted by Gasteiger charge is -1.99. The highest BCUT2D eigenvalue weighted by Gasteiger charge is 2.27. The molecule has 1 heterocycles. The monoisotopic (exact) mass is 279 g/mol. The van der Waals surface area contributed by atoms with Gasteiger partial charge in [-0.3, -0.25) is 0 Å². The van der Waals surface area contributed by atoms with Gasteiger partial charge in [-0.25, -0.2) is 9.18 Å². The second kappa shape index (κ2) is 5.47. The zero-order valence-electron chi connectivity index (χ0n) is 10.4. The predicted octanol–water partition coefficient (Wildman–Crippen LogP) is 1.77. The molecule has 2 aromatic rings. The molecule has 0 unspecified atom stereocenters. The molecule has 0 radical (unpaired) electrons. The number of esters is 1. The van der Waals surface area contributed by atoms with Gasteiger partial charge in [-0.1, -0.05) is 18.2 Å². The predicted molar refractivity (Wildman–Crippen MR) is 65.7 cm³/mol. The van der Waals surface area contributed by atoms with E-state index in [1.54, 1.807) is 6.07 Å². The number of aromatic nitrogens is 2. The van der Waals surface area contributed by atoms with Crippen molar-refractivity contribution >= 4 is 11.8 Å². The van der Waals surface area contributed by atoms with Crippen molar-refractivity contribution < 1.29 is 18.8 Å². The number of benzene rings is 1. The number of ether oxygens (including phenoxy) is 1. The minimum absolute atomic E-state index is 0.0233. The first kappa shape index (κ1) is 13.7. The molecule has 0 aliphatic carbocycles. The van der Waals surface area contributed by atoms with E-state index in [1.807, 2.05) is 0 Å². The summed E-state index contributed by atoms with van der Waals surface area (Å²) in [7, 11) is 1.11. The van der Waals surface area contributed by atoms with Crippen molar-refractivity contribution in [1.82, 2.24) is 9.78 Å². The van der Waals surface area contributed by atoms with Gasteiger partial charge in [0.25, 0.3) is 0 Å². The molecule has 0 aliphatic rings. The van der Waals surface area contributed by atoms with Crippen LogP contribution in [0.1, 0.15) is 15.9 Å². The first-order valence-corrected chi connectivity index (χ1v) is 5.56. The van der Waals surface area contributed by atoms with Gasteiger partial charge in [-0.15, -0.1) is 0 Å². The Morgan fingerprint density at radius 1 is 1.50 bits per heavy atom. The second-order valence-corrected chi connectivity index (χ2v) is 3.90. The van der Waals surface area contributed by atoms with E-state index < -0.39 is 22.5 Å². The standard InChI is InChI=1S/C12H10FN3O4/c1-20-12(17)9-7-15(14-11(9)16(18)19)6-8-4-2-3-5-10(8)13/h2-5,7H,6H2,1H3. The number of carbonyl (C=O) groups is 1.